The Morgan fingerprint density at radius 1 is 1.32 bits per heavy atom. The van der Waals surface area contributed by atoms with Crippen LogP contribution in [-0.2, 0) is 13.1 Å². The number of pyridine rings is 1. The number of halogens is 3. The molecule has 0 bridgehead atoms. The number of hydrogen-bond donors (Lipinski definition) is 2. The van der Waals surface area contributed by atoms with Gasteiger partial charge in [0.15, 0.2) is 12.6 Å². The summed E-state index contributed by atoms with van der Waals surface area (Å²) in [4.78, 5) is 9.38. The van der Waals surface area contributed by atoms with E-state index in [1.807, 2.05) is 24.4 Å². The number of nitrogens with one attached hydrogen (secondary N) is 2. The molecule has 2 aromatic rings. The third kappa shape index (κ3) is 7.42. The van der Waals surface area contributed by atoms with Crippen molar-refractivity contribution in [2.45, 2.75) is 26.2 Å². The summed E-state index contributed by atoms with van der Waals surface area (Å²) >= 11 is 1.64. The van der Waals surface area contributed by atoms with Crippen LogP contribution in [-0.4, -0.2) is 30.3 Å². The second-order valence-corrected chi connectivity index (χ2v) is 6.07. The number of aromatic nitrogens is 1. The van der Waals surface area contributed by atoms with Crippen molar-refractivity contribution < 1.29 is 17.9 Å². The Morgan fingerprint density at radius 2 is 2.16 bits per heavy atom. The van der Waals surface area contributed by atoms with E-state index in [2.05, 4.69) is 25.3 Å². The van der Waals surface area contributed by atoms with Gasteiger partial charge in [-0.05, 0) is 30.0 Å². The van der Waals surface area contributed by atoms with Gasteiger partial charge in [0.05, 0.1) is 13.1 Å². The Hall–Kier alpha value is -2.29. The van der Waals surface area contributed by atoms with Crippen molar-refractivity contribution >= 4 is 17.3 Å². The van der Waals surface area contributed by atoms with Crippen molar-refractivity contribution in [3.8, 4) is 5.88 Å². The SMILES string of the molecule is CCNC(=NCc1ccnc(OCC(F)(F)F)c1)NCc1cccs1. The average Bonchev–Trinajstić information content (AvgIpc) is 3.09. The highest BCUT2D eigenvalue weighted by molar-refractivity contribution is 7.09. The number of aliphatic imine (C=N–C) groups is 1. The summed E-state index contributed by atoms with van der Waals surface area (Å²) in [5.41, 5.74) is 0.709. The molecule has 2 N–H and O–H groups in total. The van der Waals surface area contributed by atoms with Crippen LogP contribution in [0.5, 0.6) is 5.88 Å². The predicted octanol–water partition coefficient (Wildman–Crippen LogP) is 3.34. The largest absolute Gasteiger partial charge is 0.468 e. The second-order valence-electron chi connectivity index (χ2n) is 5.03. The monoisotopic (exact) mass is 372 g/mol. The molecule has 0 saturated carbocycles. The highest BCUT2D eigenvalue weighted by Crippen LogP contribution is 2.17. The van der Waals surface area contributed by atoms with Crippen LogP contribution in [0.3, 0.4) is 0 Å². The number of rotatable bonds is 7. The molecule has 0 amide bonds. The van der Waals surface area contributed by atoms with Gasteiger partial charge < -0.3 is 15.4 Å². The summed E-state index contributed by atoms with van der Waals surface area (Å²) in [5.74, 6) is 0.562. The van der Waals surface area contributed by atoms with Gasteiger partial charge in [0, 0.05) is 23.7 Å². The quantitative estimate of drug-likeness (QED) is 0.578. The normalized spacial score (nSPS) is 12.1. The summed E-state index contributed by atoms with van der Waals surface area (Å²) in [7, 11) is 0. The minimum Gasteiger partial charge on any atom is -0.468 e. The standard InChI is InChI=1S/C16H19F3N4OS/c1-2-20-15(23-10-13-4-3-7-25-13)22-9-12-5-6-21-14(8-12)24-11-16(17,18)19/h3-8H,2,9-11H2,1H3,(H2,20,22,23). The summed E-state index contributed by atoms with van der Waals surface area (Å²) in [5, 5.41) is 8.33. The van der Waals surface area contributed by atoms with E-state index in [1.54, 1.807) is 17.4 Å². The molecule has 0 saturated heterocycles. The lowest BCUT2D eigenvalue weighted by molar-refractivity contribution is -0.154. The van der Waals surface area contributed by atoms with Crippen LogP contribution in [0.2, 0.25) is 0 Å². The zero-order chi connectivity index (χ0) is 18.1. The van der Waals surface area contributed by atoms with Crippen molar-refractivity contribution in [3.63, 3.8) is 0 Å². The van der Waals surface area contributed by atoms with E-state index in [4.69, 9.17) is 0 Å². The first-order valence-electron chi connectivity index (χ1n) is 7.65. The van der Waals surface area contributed by atoms with E-state index < -0.39 is 12.8 Å². The summed E-state index contributed by atoms with van der Waals surface area (Å²) in [6, 6.07) is 7.14. The zero-order valence-electron chi connectivity index (χ0n) is 13.6. The fourth-order valence-electron chi connectivity index (χ4n) is 1.88. The van der Waals surface area contributed by atoms with Crippen LogP contribution in [0.4, 0.5) is 13.2 Å². The lowest BCUT2D eigenvalue weighted by Crippen LogP contribution is -2.36. The highest BCUT2D eigenvalue weighted by atomic mass is 32.1. The molecule has 2 rings (SSSR count). The van der Waals surface area contributed by atoms with E-state index in [-0.39, 0.29) is 5.88 Å². The van der Waals surface area contributed by atoms with Gasteiger partial charge in [-0.25, -0.2) is 9.98 Å². The molecule has 0 aliphatic heterocycles. The van der Waals surface area contributed by atoms with Gasteiger partial charge in [-0.15, -0.1) is 11.3 Å². The molecule has 2 heterocycles. The zero-order valence-corrected chi connectivity index (χ0v) is 14.5. The van der Waals surface area contributed by atoms with E-state index in [9.17, 15) is 13.2 Å². The Labute approximate surface area is 148 Å². The van der Waals surface area contributed by atoms with E-state index in [1.165, 1.54) is 17.1 Å². The van der Waals surface area contributed by atoms with Crippen molar-refractivity contribution in [3.05, 3.63) is 46.3 Å². The molecule has 0 fully saturated rings. The highest BCUT2D eigenvalue weighted by Gasteiger charge is 2.28. The molecule has 0 unspecified atom stereocenters. The number of thiophene rings is 1. The minimum atomic E-state index is -4.39. The minimum absolute atomic E-state index is 0.0680. The molecule has 0 spiro atoms. The maximum Gasteiger partial charge on any atom is 0.422 e. The van der Waals surface area contributed by atoms with Gasteiger partial charge >= 0.3 is 6.18 Å². The van der Waals surface area contributed by atoms with Crippen LogP contribution in [0.25, 0.3) is 0 Å². The van der Waals surface area contributed by atoms with Crippen LogP contribution in [0.15, 0.2) is 40.8 Å². The number of alkyl halides is 3. The molecule has 136 valence electrons. The molecule has 0 radical (unpaired) electrons. The van der Waals surface area contributed by atoms with Gasteiger partial charge in [0.1, 0.15) is 0 Å². The van der Waals surface area contributed by atoms with Gasteiger partial charge in [-0.3, -0.25) is 0 Å². The topological polar surface area (TPSA) is 58.5 Å². The third-order valence-electron chi connectivity index (χ3n) is 2.96. The Kier molecular flexibility index (Phi) is 7.05. The lowest BCUT2D eigenvalue weighted by Gasteiger charge is -2.11. The van der Waals surface area contributed by atoms with Crippen molar-refractivity contribution in [1.82, 2.24) is 15.6 Å². The second kappa shape index (κ2) is 9.26. The summed E-state index contributed by atoms with van der Waals surface area (Å²) in [6.45, 7) is 2.24. The molecule has 9 heteroatoms. The van der Waals surface area contributed by atoms with Gasteiger partial charge in [0.25, 0.3) is 0 Å². The first kappa shape index (κ1) is 19.0. The number of guanidine groups is 1. The van der Waals surface area contributed by atoms with Crippen LogP contribution in [0, 0.1) is 0 Å². The first-order valence-corrected chi connectivity index (χ1v) is 8.53. The van der Waals surface area contributed by atoms with Crippen molar-refractivity contribution in [2.75, 3.05) is 13.2 Å². The summed E-state index contributed by atoms with van der Waals surface area (Å²) < 4.78 is 41.2. The van der Waals surface area contributed by atoms with E-state index in [0.29, 0.717) is 31.2 Å². The molecule has 5 nitrogen and oxygen atoms in total. The molecule has 0 aliphatic carbocycles. The first-order chi connectivity index (χ1) is 12.0. The maximum atomic E-state index is 12.2. The van der Waals surface area contributed by atoms with Crippen molar-refractivity contribution in [2.24, 2.45) is 4.99 Å². The van der Waals surface area contributed by atoms with Gasteiger partial charge in [0.2, 0.25) is 5.88 Å². The number of nitrogens with zero attached hydrogens (tertiary/aromatic N) is 2. The lowest BCUT2D eigenvalue weighted by atomic mass is 10.3. The molecule has 0 aliphatic rings. The van der Waals surface area contributed by atoms with Crippen LogP contribution < -0.4 is 15.4 Å². The predicted molar refractivity (Wildman–Crippen MR) is 91.8 cm³/mol. The summed E-state index contributed by atoms with van der Waals surface area (Å²) in [6.07, 6.45) is -2.98. The number of hydrogen-bond acceptors (Lipinski definition) is 4. The fourth-order valence-corrected chi connectivity index (χ4v) is 2.52. The molecular weight excluding hydrogens is 353 g/mol. The maximum absolute atomic E-state index is 12.2. The Morgan fingerprint density at radius 3 is 2.84 bits per heavy atom. The molecule has 2 aromatic heterocycles. The van der Waals surface area contributed by atoms with Crippen molar-refractivity contribution in [1.29, 1.82) is 0 Å². The van der Waals surface area contributed by atoms with Crippen LogP contribution >= 0.6 is 11.3 Å². The van der Waals surface area contributed by atoms with Gasteiger partial charge in [-0.2, -0.15) is 13.2 Å². The Balaban J connectivity index is 1.94. The third-order valence-corrected chi connectivity index (χ3v) is 3.83. The van der Waals surface area contributed by atoms with E-state index in [0.717, 1.165) is 0 Å². The fraction of sp³-hybridized carbons (Fsp3) is 0.375. The van der Waals surface area contributed by atoms with Gasteiger partial charge in [-0.1, -0.05) is 6.07 Å². The molecule has 0 aromatic carbocycles. The number of ether oxygens (including phenoxy) is 1. The molecule has 25 heavy (non-hydrogen) atoms. The van der Waals surface area contributed by atoms with E-state index >= 15 is 0 Å². The molecular formula is C16H19F3N4OS. The Bertz CT molecular complexity index is 674. The smallest absolute Gasteiger partial charge is 0.422 e. The molecule has 0 atom stereocenters. The average molecular weight is 372 g/mol. The van der Waals surface area contributed by atoms with Crippen LogP contribution in [0.1, 0.15) is 17.4 Å².